The van der Waals surface area contributed by atoms with Crippen molar-refractivity contribution in [3.05, 3.63) is 17.3 Å². The van der Waals surface area contributed by atoms with Crippen molar-refractivity contribution < 1.29 is 8.42 Å². The van der Waals surface area contributed by atoms with Gasteiger partial charge in [-0.1, -0.05) is 31.9 Å². The Balaban J connectivity index is 2.17. The summed E-state index contributed by atoms with van der Waals surface area (Å²) in [6.07, 6.45) is 4.37. The zero-order valence-electron chi connectivity index (χ0n) is 12.6. The van der Waals surface area contributed by atoms with Crippen molar-refractivity contribution >= 4 is 27.4 Å². The van der Waals surface area contributed by atoms with Crippen LogP contribution in [0.5, 0.6) is 0 Å². The zero-order chi connectivity index (χ0) is 15.6. The summed E-state index contributed by atoms with van der Waals surface area (Å²) in [5.74, 6) is 1.41. The second-order valence-electron chi connectivity index (χ2n) is 5.58. The van der Waals surface area contributed by atoms with Crippen LogP contribution >= 0.6 is 11.6 Å². The van der Waals surface area contributed by atoms with Gasteiger partial charge >= 0.3 is 0 Å². The highest BCUT2D eigenvalue weighted by Gasteiger charge is 2.34. The van der Waals surface area contributed by atoms with E-state index in [-0.39, 0.29) is 10.9 Å². The Morgan fingerprint density at radius 1 is 1.43 bits per heavy atom. The first-order valence-corrected chi connectivity index (χ1v) is 9.10. The van der Waals surface area contributed by atoms with E-state index in [1.54, 1.807) is 7.05 Å². The number of halogens is 1. The molecule has 21 heavy (non-hydrogen) atoms. The van der Waals surface area contributed by atoms with Crippen LogP contribution < -0.4 is 10.0 Å². The van der Waals surface area contributed by atoms with Gasteiger partial charge in [-0.2, -0.15) is 0 Å². The summed E-state index contributed by atoms with van der Waals surface area (Å²) in [6.45, 7) is 4.27. The lowest BCUT2D eigenvalue weighted by Gasteiger charge is -2.21. The molecule has 0 aromatic carbocycles. The molecule has 0 spiro atoms. The fraction of sp³-hybridized carbons (Fsp3) is 0.643. The van der Waals surface area contributed by atoms with E-state index in [1.807, 2.05) is 0 Å². The molecular weight excluding hydrogens is 310 g/mol. The number of hydrogen-bond donors (Lipinski definition) is 2. The van der Waals surface area contributed by atoms with Crippen molar-refractivity contribution in [2.45, 2.75) is 44.0 Å². The average Bonchev–Trinajstić information content (AvgIpc) is 2.79. The second-order valence-corrected chi connectivity index (χ2v) is 7.71. The molecule has 3 atom stereocenters. The second kappa shape index (κ2) is 6.50. The Morgan fingerprint density at radius 3 is 2.67 bits per heavy atom. The molecule has 3 unspecified atom stereocenters. The molecule has 1 aromatic heterocycles. The van der Waals surface area contributed by atoms with Crippen LogP contribution in [0.3, 0.4) is 0 Å². The van der Waals surface area contributed by atoms with Gasteiger partial charge in [-0.25, -0.2) is 18.1 Å². The summed E-state index contributed by atoms with van der Waals surface area (Å²) in [5, 5.41) is 3.11. The Kier molecular flexibility index (Phi) is 5.11. The third kappa shape index (κ3) is 3.49. The Bertz CT molecular complexity index is 606. The molecule has 1 aliphatic carbocycles. The summed E-state index contributed by atoms with van der Waals surface area (Å²) >= 11 is 6.01. The molecule has 1 fully saturated rings. The predicted octanol–water partition coefficient (Wildman–Crippen LogP) is 2.88. The monoisotopic (exact) mass is 331 g/mol. The largest absolute Gasteiger partial charge is 0.372 e. The van der Waals surface area contributed by atoms with E-state index in [0.717, 1.165) is 19.3 Å². The van der Waals surface area contributed by atoms with Crippen LogP contribution in [-0.4, -0.2) is 26.5 Å². The van der Waals surface area contributed by atoms with Gasteiger partial charge < -0.3 is 5.32 Å². The number of rotatable bonds is 5. The molecule has 1 saturated carbocycles. The minimum absolute atomic E-state index is 0.0114. The number of aromatic nitrogens is 1. The Hall–Kier alpha value is -0.850. The molecule has 0 saturated heterocycles. The molecule has 1 aromatic rings. The molecule has 2 N–H and O–H groups in total. The van der Waals surface area contributed by atoms with Crippen LogP contribution in [0.15, 0.2) is 17.2 Å². The highest BCUT2D eigenvalue weighted by atomic mass is 35.5. The van der Waals surface area contributed by atoms with Crippen molar-refractivity contribution in [1.82, 2.24) is 9.71 Å². The first kappa shape index (κ1) is 16.5. The SMILES string of the molecule is CCC1CCC(NS(=O)(=O)c2cnc(NC)c(Cl)c2)C1C. The summed E-state index contributed by atoms with van der Waals surface area (Å²) in [7, 11) is -1.89. The van der Waals surface area contributed by atoms with Crippen LogP contribution in [0.4, 0.5) is 5.82 Å². The van der Waals surface area contributed by atoms with Crippen LogP contribution in [0.25, 0.3) is 0 Å². The maximum atomic E-state index is 12.5. The molecule has 0 amide bonds. The van der Waals surface area contributed by atoms with Gasteiger partial charge in [-0.05, 0) is 30.7 Å². The number of hydrogen-bond acceptors (Lipinski definition) is 4. The van der Waals surface area contributed by atoms with E-state index in [9.17, 15) is 8.42 Å². The van der Waals surface area contributed by atoms with Crippen molar-refractivity contribution in [3.8, 4) is 0 Å². The van der Waals surface area contributed by atoms with Crippen LogP contribution in [0.2, 0.25) is 5.02 Å². The van der Waals surface area contributed by atoms with Crippen LogP contribution in [0.1, 0.15) is 33.1 Å². The molecular formula is C14H22ClN3O2S. The van der Waals surface area contributed by atoms with E-state index in [1.165, 1.54) is 12.3 Å². The summed E-state index contributed by atoms with van der Waals surface area (Å²) in [6, 6.07) is 1.42. The maximum absolute atomic E-state index is 12.5. The van der Waals surface area contributed by atoms with Gasteiger partial charge in [0.25, 0.3) is 0 Å². The highest BCUT2D eigenvalue weighted by molar-refractivity contribution is 7.89. The minimum Gasteiger partial charge on any atom is -0.372 e. The smallest absolute Gasteiger partial charge is 0.242 e. The van der Waals surface area contributed by atoms with E-state index in [4.69, 9.17) is 11.6 Å². The third-order valence-corrected chi connectivity index (χ3v) is 6.17. The number of anilines is 1. The molecule has 0 bridgehead atoms. The summed E-state index contributed by atoms with van der Waals surface area (Å²) in [5.41, 5.74) is 0. The van der Waals surface area contributed by atoms with Crippen molar-refractivity contribution in [1.29, 1.82) is 0 Å². The summed E-state index contributed by atoms with van der Waals surface area (Å²) in [4.78, 5) is 4.14. The van der Waals surface area contributed by atoms with Crippen molar-refractivity contribution in [2.75, 3.05) is 12.4 Å². The van der Waals surface area contributed by atoms with E-state index in [0.29, 0.717) is 22.7 Å². The van der Waals surface area contributed by atoms with Crippen molar-refractivity contribution in [2.24, 2.45) is 11.8 Å². The lowest BCUT2D eigenvalue weighted by Crippen LogP contribution is -2.37. The molecule has 1 aliphatic rings. The average molecular weight is 332 g/mol. The molecule has 118 valence electrons. The molecule has 0 aliphatic heterocycles. The fourth-order valence-electron chi connectivity index (χ4n) is 3.01. The Labute approximate surface area is 131 Å². The van der Waals surface area contributed by atoms with E-state index in [2.05, 4.69) is 28.9 Å². The standard InChI is InChI=1S/C14H22ClN3O2S/c1-4-10-5-6-13(9(10)2)18-21(19,20)11-7-12(15)14(16-3)17-8-11/h7-10,13,18H,4-6H2,1-3H3,(H,16,17). The number of nitrogens with zero attached hydrogens (tertiary/aromatic N) is 1. The van der Waals surface area contributed by atoms with Gasteiger partial charge in [0.1, 0.15) is 10.7 Å². The topological polar surface area (TPSA) is 71.1 Å². The number of sulfonamides is 1. The molecule has 1 heterocycles. The molecule has 0 radical (unpaired) electrons. The van der Waals surface area contributed by atoms with Gasteiger partial charge in [-0.3, -0.25) is 0 Å². The van der Waals surface area contributed by atoms with Gasteiger partial charge in [-0.15, -0.1) is 0 Å². The predicted molar refractivity (Wildman–Crippen MR) is 85.1 cm³/mol. The number of pyridine rings is 1. The molecule has 5 nitrogen and oxygen atoms in total. The van der Waals surface area contributed by atoms with Gasteiger partial charge in [0.2, 0.25) is 10.0 Å². The van der Waals surface area contributed by atoms with E-state index < -0.39 is 10.0 Å². The maximum Gasteiger partial charge on any atom is 0.242 e. The Morgan fingerprint density at radius 2 is 2.14 bits per heavy atom. The molecule has 7 heteroatoms. The number of nitrogens with one attached hydrogen (secondary N) is 2. The van der Waals surface area contributed by atoms with Crippen LogP contribution in [0, 0.1) is 11.8 Å². The third-order valence-electron chi connectivity index (χ3n) is 4.42. The quantitative estimate of drug-likeness (QED) is 0.870. The van der Waals surface area contributed by atoms with Gasteiger partial charge in [0.15, 0.2) is 0 Å². The normalized spacial score (nSPS) is 26.0. The highest BCUT2D eigenvalue weighted by Crippen LogP contribution is 2.34. The van der Waals surface area contributed by atoms with Crippen molar-refractivity contribution in [3.63, 3.8) is 0 Å². The lowest BCUT2D eigenvalue weighted by atomic mass is 9.94. The summed E-state index contributed by atoms with van der Waals surface area (Å²) < 4.78 is 27.7. The van der Waals surface area contributed by atoms with Gasteiger partial charge in [0.05, 0.1) is 5.02 Å². The minimum atomic E-state index is -3.58. The first-order valence-electron chi connectivity index (χ1n) is 7.24. The first-order chi connectivity index (χ1) is 9.89. The molecule has 2 rings (SSSR count). The van der Waals surface area contributed by atoms with Crippen LogP contribution in [-0.2, 0) is 10.0 Å². The van der Waals surface area contributed by atoms with E-state index >= 15 is 0 Å². The fourth-order valence-corrected chi connectivity index (χ4v) is 4.67. The zero-order valence-corrected chi connectivity index (χ0v) is 14.1. The van der Waals surface area contributed by atoms with Gasteiger partial charge in [0, 0.05) is 19.3 Å². The lowest BCUT2D eigenvalue weighted by molar-refractivity contribution is 0.368.